The van der Waals surface area contributed by atoms with E-state index in [1.807, 2.05) is 0 Å². The van der Waals surface area contributed by atoms with Crippen LogP contribution in [0.25, 0.3) is 0 Å². The number of aliphatic hydroxyl groups excluding tert-OH is 1. The van der Waals surface area contributed by atoms with Gasteiger partial charge in [0.2, 0.25) is 0 Å². The second-order valence-electron chi connectivity index (χ2n) is 4.21. The van der Waals surface area contributed by atoms with E-state index in [4.69, 9.17) is 0 Å². The van der Waals surface area contributed by atoms with E-state index in [9.17, 15) is 5.11 Å². The number of rotatable bonds is 3. The number of aromatic nitrogens is 2. The van der Waals surface area contributed by atoms with Gasteiger partial charge in [-0.2, -0.15) is 0 Å². The highest BCUT2D eigenvalue weighted by Gasteiger charge is 2.19. The lowest BCUT2D eigenvalue weighted by atomic mass is 10.1. The second kappa shape index (κ2) is 4.03. The molecule has 1 unspecified atom stereocenters. The van der Waals surface area contributed by atoms with Crippen LogP contribution >= 0.6 is 11.3 Å². The number of nitrogens with one attached hydrogen (secondary N) is 1. The smallest absolute Gasteiger partial charge is 0.108 e. The molecule has 16 heavy (non-hydrogen) atoms. The molecule has 2 N–H and O–H groups in total. The third-order valence-corrected chi connectivity index (χ3v) is 4.37. The third-order valence-electron chi connectivity index (χ3n) is 3.04. The van der Waals surface area contributed by atoms with Crippen molar-refractivity contribution in [3.05, 3.63) is 39.6 Å². The van der Waals surface area contributed by atoms with Crippen molar-refractivity contribution in [3.63, 3.8) is 0 Å². The topological polar surface area (TPSA) is 48.9 Å². The zero-order valence-corrected chi connectivity index (χ0v) is 9.76. The fourth-order valence-corrected chi connectivity index (χ4v) is 3.45. The van der Waals surface area contributed by atoms with Crippen molar-refractivity contribution in [1.82, 2.24) is 9.97 Å². The number of fused-ring (bicyclic) bond motifs is 1. The summed E-state index contributed by atoms with van der Waals surface area (Å²) in [6.07, 6.45) is 7.31. The maximum Gasteiger partial charge on any atom is 0.108 e. The molecule has 1 aliphatic carbocycles. The molecule has 0 spiro atoms. The Balaban J connectivity index is 1.76. The fourth-order valence-electron chi connectivity index (χ4n) is 2.21. The van der Waals surface area contributed by atoms with Gasteiger partial charge < -0.3 is 10.1 Å². The molecule has 0 aliphatic heterocycles. The Morgan fingerprint density at radius 3 is 3.19 bits per heavy atom. The Bertz CT molecular complexity index is 454. The average Bonchev–Trinajstić information content (AvgIpc) is 2.91. The summed E-state index contributed by atoms with van der Waals surface area (Å²) in [7, 11) is 0. The molecule has 4 heteroatoms. The Morgan fingerprint density at radius 2 is 2.44 bits per heavy atom. The summed E-state index contributed by atoms with van der Waals surface area (Å²) in [5, 5.41) is 10.1. The first-order chi connectivity index (χ1) is 7.83. The first-order valence-electron chi connectivity index (χ1n) is 5.61. The Kier molecular flexibility index (Phi) is 2.53. The van der Waals surface area contributed by atoms with Gasteiger partial charge in [-0.3, -0.25) is 0 Å². The van der Waals surface area contributed by atoms with E-state index in [0.29, 0.717) is 6.42 Å². The quantitative estimate of drug-likeness (QED) is 0.855. The first kappa shape index (κ1) is 10.1. The summed E-state index contributed by atoms with van der Waals surface area (Å²) >= 11 is 1.76. The van der Waals surface area contributed by atoms with Gasteiger partial charge in [-0.25, -0.2) is 4.98 Å². The lowest BCUT2D eigenvalue weighted by Crippen LogP contribution is -2.01. The summed E-state index contributed by atoms with van der Waals surface area (Å²) in [6.45, 7) is 0. The van der Waals surface area contributed by atoms with Crippen molar-refractivity contribution in [1.29, 1.82) is 0 Å². The lowest BCUT2D eigenvalue weighted by Gasteiger charge is -2.05. The summed E-state index contributed by atoms with van der Waals surface area (Å²) in [6, 6.07) is 2.17. The van der Waals surface area contributed by atoms with Crippen LogP contribution in [0.15, 0.2) is 18.5 Å². The van der Waals surface area contributed by atoms with Crippen molar-refractivity contribution in [2.75, 3.05) is 0 Å². The molecular weight excluding hydrogens is 220 g/mol. The minimum Gasteiger partial charge on any atom is -0.387 e. The van der Waals surface area contributed by atoms with Crippen molar-refractivity contribution < 1.29 is 5.11 Å². The van der Waals surface area contributed by atoms with E-state index in [2.05, 4.69) is 16.0 Å². The molecule has 3 rings (SSSR count). The van der Waals surface area contributed by atoms with Crippen LogP contribution < -0.4 is 0 Å². The number of aromatic amines is 1. The van der Waals surface area contributed by atoms with Gasteiger partial charge in [-0.15, -0.1) is 11.3 Å². The van der Waals surface area contributed by atoms with E-state index in [0.717, 1.165) is 10.7 Å². The van der Waals surface area contributed by atoms with Crippen LogP contribution in [0.4, 0.5) is 0 Å². The SMILES string of the molecule is OC(Cc1ncc[nH]1)c1cc2c(s1)CCC2. The van der Waals surface area contributed by atoms with Crippen molar-refractivity contribution in [3.8, 4) is 0 Å². The molecule has 0 bridgehead atoms. The van der Waals surface area contributed by atoms with Gasteiger partial charge in [0.05, 0.1) is 6.10 Å². The molecule has 1 aliphatic rings. The third kappa shape index (κ3) is 1.79. The fraction of sp³-hybridized carbons (Fsp3) is 0.417. The number of hydrogen-bond donors (Lipinski definition) is 2. The maximum atomic E-state index is 10.1. The van der Waals surface area contributed by atoms with E-state index in [1.54, 1.807) is 23.7 Å². The molecule has 84 valence electrons. The summed E-state index contributed by atoms with van der Waals surface area (Å²) in [5.41, 5.74) is 1.44. The maximum absolute atomic E-state index is 10.1. The van der Waals surface area contributed by atoms with Gasteiger partial charge in [-0.1, -0.05) is 0 Å². The molecule has 0 radical (unpaired) electrons. The highest BCUT2D eigenvalue weighted by Crippen LogP contribution is 2.34. The average molecular weight is 234 g/mol. The molecule has 0 amide bonds. The van der Waals surface area contributed by atoms with E-state index in [1.165, 1.54) is 29.7 Å². The largest absolute Gasteiger partial charge is 0.387 e. The van der Waals surface area contributed by atoms with Crippen molar-refractivity contribution >= 4 is 11.3 Å². The minimum absolute atomic E-state index is 0.415. The highest BCUT2D eigenvalue weighted by molar-refractivity contribution is 7.12. The zero-order chi connectivity index (χ0) is 11.0. The van der Waals surface area contributed by atoms with Crippen LogP contribution in [0.3, 0.4) is 0 Å². The first-order valence-corrected chi connectivity index (χ1v) is 6.42. The summed E-state index contributed by atoms with van der Waals surface area (Å²) in [5.74, 6) is 0.848. The van der Waals surface area contributed by atoms with Gasteiger partial charge in [0.1, 0.15) is 5.82 Å². The van der Waals surface area contributed by atoms with Gasteiger partial charge in [-0.05, 0) is 30.9 Å². The Morgan fingerprint density at radius 1 is 1.50 bits per heavy atom. The van der Waals surface area contributed by atoms with Crippen LogP contribution in [-0.4, -0.2) is 15.1 Å². The van der Waals surface area contributed by atoms with Gasteiger partial charge in [0.15, 0.2) is 0 Å². The molecule has 2 heterocycles. The lowest BCUT2D eigenvalue weighted by molar-refractivity contribution is 0.180. The molecule has 0 fully saturated rings. The molecule has 2 aromatic heterocycles. The number of aliphatic hydroxyl groups is 1. The molecule has 3 nitrogen and oxygen atoms in total. The van der Waals surface area contributed by atoms with Crippen LogP contribution in [0.2, 0.25) is 0 Å². The second-order valence-corrected chi connectivity index (χ2v) is 5.37. The minimum atomic E-state index is -0.415. The van der Waals surface area contributed by atoms with Gasteiger partial charge in [0, 0.05) is 28.6 Å². The van der Waals surface area contributed by atoms with Gasteiger partial charge >= 0.3 is 0 Å². The number of nitrogens with zero attached hydrogens (tertiary/aromatic N) is 1. The molecule has 2 aromatic rings. The van der Waals surface area contributed by atoms with Crippen molar-refractivity contribution in [2.45, 2.75) is 31.8 Å². The highest BCUT2D eigenvalue weighted by atomic mass is 32.1. The van der Waals surface area contributed by atoms with E-state index in [-0.39, 0.29) is 0 Å². The Labute approximate surface area is 98.2 Å². The molecule has 0 aromatic carbocycles. The standard InChI is InChI=1S/C12H14N2OS/c15-9(7-12-13-4-5-14-12)11-6-8-2-1-3-10(8)16-11/h4-6,9,15H,1-3,7H2,(H,13,14). The predicted octanol–water partition coefficient (Wildman–Crippen LogP) is 2.24. The Hall–Kier alpha value is -1.13. The predicted molar refractivity (Wildman–Crippen MR) is 63.6 cm³/mol. The number of aryl methyl sites for hydroxylation is 2. The normalized spacial score (nSPS) is 16.3. The van der Waals surface area contributed by atoms with Crippen molar-refractivity contribution in [2.24, 2.45) is 0 Å². The van der Waals surface area contributed by atoms with Crippen LogP contribution in [0.5, 0.6) is 0 Å². The summed E-state index contributed by atoms with van der Waals surface area (Å²) < 4.78 is 0. The monoisotopic (exact) mass is 234 g/mol. The van der Waals surface area contributed by atoms with E-state index >= 15 is 0 Å². The number of hydrogen-bond acceptors (Lipinski definition) is 3. The molecule has 1 atom stereocenters. The van der Waals surface area contributed by atoms with Crippen LogP contribution in [-0.2, 0) is 19.3 Å². The molecular formula is C12H14N2OS. The number of thiophene rings is 1. The molecule has 0 saturated carbocycles. The number of imidazole rings is 1. The zero-order valence-electron chi connectivity index (χ0n) is 8.94. The van der Waals surface area contributed by atoms with Gasteiger partial charge in [0.25, 0.3) is 0 Å². The molecule has 0 saturated heterocycles. The number of H-pyrrole nitrogens is 1. The van der Waals surface area contributed by atoms with Crippen LogP contribution in [0, 0.1) is 0 Å². The summed E-state index contributed by atoms with van der Waals surface area (Å²) in [4.78, 5) is 9.71. The van der Waals surface area contributed by atoms with Crippen LogP contribution in [0.1, 0.15) is 33.7 Å². The van der Waals surface area contributed by atoms with E-state index < -0.39 is 6.10 Å².